The van der Waals surface area contributed by atoms with Gasteiger partial charge in [0.05, 0.1) is 19.8 Å². The van der Waals surface area contributed by atoms with Crippen LogP contribution in [-0.2, 0) is 23.1 Å². The molecule has 0 aromatic carbocycles. The minimum Gasteiger partial charge on any atom is -0.379 e. The number of ether oxygens (including phenoxy) is 1. The number of morpholine rings is 1. The van der Waals surface area contributed by atoms with Crippen LogP contribution in [0, 0.1) is 5.92 Å². The molecule has 3 aliphatic rings. The van der Waals surface area contributed by atoms with Gasteiger partial charge < -0.3 is 14.2 Å². The number of aromatic nitrogens is 3. The summed E-state index contributed by atoms with van der Waals surface area (Å²) in [6.07, 6.45) is 8.02. The quantitative estimate of drug-likeness (QED) is 0.805. The molecule has 1 aromatic rings. The van der Waals surface area contributed by atoms with Crippen molar-refractivity contribution in [3.63, 3.8) is 0 Å². The van der Waals surface area contributed by atoms with Gasteiger partial charge in [0.2, 0.25) is 5.91 Å². The third-order valence-electron chi connectivity index (χ3n) is 6.52. The number of carbonyl (C=O) groups is 1. The first-order valence-corrected chi connectivity index (χ1v) is 10.7. The van der Waals surface area contributed by atoms with E-state index in [4.69, 9.17) is 4.74 Å². The molecular weight excluding hydrogens is 342 g/mol. The van der Waals surface area contributed by atoms with Crippen LogP contribution in [0.4, 0.5) is 0 Å². The zero-order valence-electron chi connectivity index (χ0n) is 16.6. The van der Waals surface area contributed by atoms with E-state index in [1.807, 2.05) is 0 Å². The van der Waals surface area contributed by atoms with Crippen LogP contribution in [0.5, 0.6) is 0 Å². The maximum absolute atomic E-state index is 12.9. The molecule has 150 valence electrons. The maximum Gasteiger partial charge on any atom is 0.225 e. The van der Waals surface area contributed by atoms with Crippen LogP contribution < -0.4 is 0 Å². The Morgan fingerprint density at radius 3 is 2.59 bits per heavy atom. The molecule has 1 amide bonds. The van der Waals surface area contributed by atoms with E-state index in [0.717, 1.165) is 83.3 Å². The summed E-state index contributed by atoms with van der Waals surface area (Å²) >= 11 is 0. The van der Waals surface area contributed by atoms with Crippen molar-refractivity contribution in [2.24, 2.45) is 13.0 Å². The standard InChI is InChI=1S/C20H33N5O2/c1-23-18(15-24-10-12-27-13-11-24)21-22-19(23)17-8-5-9-25(14-17)20(26)16-6-3-2-4-7-16/h16-17H,2-15H2,1H3/t17-/m0/s1. The lowest BCUT2D eigenvalue weighted by Gasteiger charge is -2.35. The lowest BCUT2D eigenvalue weighted by molar-refractivity contribution is -0.137. The molecular formula is C20H33N5O2. The van der Waals surface area contributed by atoms with Crippen LogP contribution in [0.15, 0.2) is 0 Å². The number of amides is 1. The van der Waals surface area contributed by atoms with Crippen molar-refractivity contribution in [1.82, 2.24) is 24.6 Å². The van der Waals surface area contributed by atoms with Gasteiger partial charge in [0, 0.05) is 45.1 Å². The van der Waals surface area contributed by atoms with E-state index in [2.05, 4.69) is 31.6 Å². The van der Waals surface area contributed by atoms with Crippen LogP contribution >= 0.6 is 0 Å². The second kappa shape index (κ2) is 8.69. The molecule has 0 radical (unpaired) electrons. The largest absolute Gasteiger partial charge is 0.379 e. The molecule has 3 heterocycles. The fraction of sp³-hybridized carbons (Fsp3) is 0.850. The molecule has 1 aromatic heterocycles. The number of hydrogen-bond donors (Lipinski definition) is 0. The van der Waals surface area contributed by atoms with E-state index in [-0.39, 0.29) is 5.92 Å². The average Bonchev–Trinajstić information content (AvgIpc) is 3.09. The molecule has 4 rings (SSSR count). The molecule has 27 heavy (non-hydrogen) atoms. The topological polar surface area (TPSA) is 63.5 Å². The van der Waals surface area contributed by atoms with Crippen molar-refractivity contribution in [3.05, 3.63) is 11.6 Å². The Labute approximate surface area is 162 Å². The van der Waals surface area contributed by atoms with E-state index < -0.39 is 0 Å². The monoisotopic (exact) mass is 375 g/mol. The SMILES string of the molecule is Cn1c(CN2CCOCC2)nnc1[C@H]1CCCN(C(=O)C2CCCCC2)C1. The number of likely N-dealkylation sites (tertiary alicyclic amines) is 1. The summed E-state index contributed by atoms with van der Waals surface area (Å²) in [7, 11) is 2.08. The lowest BCUT2D eigenvalue weighted by Crippen LogP contribution is -2.43. The minimum atomic E-state index is 0.258. The van der Waals surface area contributed by atoms with Gasteiger partial charge in [-0.15, -0.1) is 10.2 Å². The smallest absolute Gasteiger partial charge is 0.225 e. The van der Waals surface area contributed by atoms with Gasteiger partial charge in [-0.1, -0.05) is 19.3 Å². The Kier molecular flexibility index (Phi) is 6.08. The molecule has 7 heteroatoms. The Morgan fingerprint density at radius 1 is 1.04 bits per heavy atom. The van der Waals surface area contributed by atoms with E-state index in [0.29, 0.717) is 11.8 Å². The van der Waals surface area contributed by atoms with Crippen molar-refractivity contribution in [3.8, 4) is 0 Å². The first kappa shape index (κ1) is 18.9. The Balaban J connectivity index is 1.39. The summed E-state index contributed by atoms with van der Waals surface area (Å²) in [5, 5.41) is 9.00. The molecule has 7 nitrogen and oxygen atoms in total. The van der Waals surface area contributed by atoms with Gasteiger partial charge >= 0.3 is 0 Å². The third kappa shape index (κ3) is 4.35. The van der Waals surface area contributed by atoms with Crippen molar-refractivity contribution in [2.75, 3.05) is 39.4 Å². The summed E-state index contributed by atoms with van der Waals surface area (Å²) in [6.45, 7) is 6.04. The molecule has 2 saturated heterocycles. The first-order chi connectivity index (χ1) is 13.2. The first-order valence-electron chi connectivity index (χ1n) is 10.7. The summed E-state index contributed by atoms with van der Waals surface area (Å²) in [4.78, 5) is 17.4. The van der Waals surface area contributed by atoms with E-state index >= 15 is 0 Å². The fourth-order valence-corrected chi connectivity index (χ4v) is 4.82. The molecule has 0 bridgehead atoms. The van der Waals surface area contributed by atoms with Gasteiger partial charge in [0.1, 0.15) is 11.6 Å². The van der Waals surface area contributed by atoms with Crippen LogP contribution in [0.25, 0.3) is 0 Å². The van der Waals surface area contributed by atoms with E-state index in [1.165, 1.54) is 19.3 Å². The predicted octanol–water partition coefficient (Wildman–Crippen LogP) is 1.93. The normalized spacial score (nSPS) is 25.7. The fourth-order valence-electron chi connectivity index (χ4n) is 4.82. The van der Waals surface area contributed by atoms with Crippen molar-refractivity contribution in [2.45, 2.75) is 57.4 Å². The molecule has 3 fully saturated rings. The highest BCUT2D eigenvalue weighted by Gasteiger charge is 2.32. The molecule has 1 saturated carbocycles. The molecule has 2 aliphatic heterocycles. The van der Waals surface area contributed by atoms with Crippen molar-refractivity contribution >= 4 is 5.91 Å². The summed E-state index contributed by atoms with van der Waals surface area (Å²) in [5.74, 6) is 3.01. The number of carbonyl (C=O) groups excluding carboxylic acids is 1. The molecule has 0 unspecified atom stereocenters. The second-order valence-electron chi connectivity index (χ2n) is 8.38. The highest BCUT2D eigenvalue weighted by molar-refractivity contribution is 5.79. The average molecular weight is 376 g/mol. The van der Waals surface area contributed by atoms with Crippen LogP contribution in [0.1, 0.15) is 62.5 Å². The Morgan fingerprint density at radius 2 is 1.81 bits per heavy atom. The predicted molar refractivity (Wildman–Crippen MR) is 102 cm³/mol. The summed E-state index contributed by atoms with van der Waals surface area (Å²) in [6, 6.07) is 0. The summed E-state index contributed by atoms with van der Waals surface area (Å²) in [5.41, 5.74) is 0. The molecule has 1 atom stereocenters. The Hall–Kier alpha value is -1.47. The van der Waals surface area contributed by atoms with Gasteiger partial charge in [0.15, 0.2) is 0 Å². The highest BCUT2D eigenvalue weighted by atomic mass is 16.5. The van der Waals surface area contributed by atoms with Crippen molar-refractivity contribution in [1.29, 1.82) is 0 Å². The maximum atomic E-state index is 12.9. The molecule has 1 aliphatic carbocycles. The van der Waals surface area contributed by atoms with Gasteiger partial charge in [-0.2, -0.15) is 0 Å². The molecule has 0 spiro atoms. The number of hydrogen-bond acceptors (Lipinski definition) is 5. The van der Waals surface area contributed by atoms with Crippen LogP contribution in [0.2, 0.25) is 0 Å². The molecule has 0 N–H and O–H groups in total. The lowest BCUT2D eigenvalue weighted by atomic mass is 9.87. The van der Waals surface area contributed by atoms with Crippen molar-refractivity contribution < 1.29 is 9.53 Å². The Bertz CT molecular complexity index is 634. The number of nitrogens with zero attached hydrogens (tertiary/aromatic N) is 5. The number of rotatable bonds is 4. The third-order valence-corrected chi connectivity index (χ3v) is 6.52. The van der Waals surface area contributed by atoms with Gasteiger partial charge in [-0.05, 0) is 25.7 Å². The van der Waals surface area contributed by atoms with Crippen LogP contribution in [-0.4, -0.2) is 69.9 Å². The minimum absolute atomic E-state index is 0.258. The zero-order chi connectivity index (χ0) is 18.6. The van der Waals surface area contributed by atoms with E-state index in [1.54, 1.807) is 0 Å². The second-order valence-corrected chi connectivity index (χ2v) is 8.38. The summed E-state index contributed by atoms with van der Waals surface area (Å²) < 4.78 is 7.59. The van der Waals surface area contributed by atoms with Gasteiger partial charge in [-0.3, -0.25) is 9.69 Å². The highest BCUT2D eigenvalue weighted by Crippen LogP contribution is 2.30. The van der Waals surface area contributed by atoms with Crippen LogP contribution in [0.3, 0.4) is 0 Å². The number of piperidine rings is 1. The van der Waals surface area contributed by atoms with Gasteiger partial charge in [0.25, 0.3) is 0 Å². The zero-order valence-corrected chi connectivity index (χ0v) is 16.6. The van der Waals surface area contributed by atoms with E-state index in [9.17, 15) is 4.79 Å². The van der Waals surface area contributed by atoms with Gasteiger partial charge in [-0.25, -0.2) is 0 Å².